The number of amides is 1. The van der Waals surface area contributed by atoms with Crippen LogP contribution in [0.3, 0.4) is 0 Å². The first kappa shape index (κ1) is 16.9. The molecule has 0 aliphatic carbocycles. The van der Waals surface area contributed by atoms with Gasteiger partial charge in [-0.2, -0.15) is 0 Å². The van der Waals surface area contributed by atoms with Gasteiger partial charge in [-0.3, -0.25) is 4.90 Å². The summed E-state index contributed by atoms with van der Waals surface area (Å²) in [6.07, 6.45) is -0.391. The second-order valence-corrected chi connectivity index (χ2v) is 6.31. The third-order valence-electron chi connectivity index (χ3n) is 3.12. The summed E-state index contributed by atoms with van der Waals surface area (Å²) in [5.74, 6) is 0.710. The van der Waals surface area contributed by atoms with Gasteiger partial charge in [0.2, 0.25) is 0 Å². The predicted octanol–water partition coefficient (Wildman–Crippen LogP) is 4.64. The van der Waals surface area contributed by atoms with Crippen molar-refractivity contribution in [2.75, 3.05) is 11.9 Å². The van der Waals surface area contributed by atoms with Crippen molar-refractivity contribution >= 4 is 11.8 Å². The van der Waals surface area contributed by atoms with E-state index in [9.17, 15) is 4.79 Å². The zero-order valence-electron chi connectivity index (χ0n) is 14.1. The molecule has 0 fully saturated rings. The van der Waals surface area contributed by atoms with Gasteiger partial charge in [-0.25, -0.2) is 4.79 Å². The highest BCUT2D eigenvalue weighted by Crippen LogP contribution is 2.22. The molecule has 0 radical (unpaired) electrons. The molecule has 0 bridgehead atoms. The van der Waals surface area contributed by atoms with Gasteiger partial charge in [0.1, 0.15) is 18.0 Å². The zero-order valence-corrected chi connectivity index (χ0v) is 14.1. The van der Waals surface area contributed by atoms with Crippen LogP contribution in [0.4, 0.5) is 10.5 Å². The quantitative estimate of drug-likeness (QED) is 0.825. The Morgan fingerprint density at radius 3 is 2.39 bits per heavy atom. The Morgan fingerprint density at radius 1 is 1.04 bits per heavy atom. The molecule has 0 spiro atoms. The number of hydrogen-bond donors (Lipinski definition) is 0. The number of carbonyl (C=O) groups excluding carboxylic acids is 1. The van der Waals surface area contributed by atoms with Crippen LogP contribution in [0.2, 0.25) is 0 Å². The summed E-state index contributed by atoms with van der Waals surface area (Å²) in [5.41, 5.74) is 1.30. The van der Waals surface area contributed by atoms with Crippen molar-refractivity contribution < 1.29 is 14.3 Å². The van der Waals surface area contributed by atoms with Crippen LogP contribution in [0.25, 0.3) is 0 Å². The third-order valence-corrected chi connectivity index (χ3v) is 3.12. The van der Waals surface area contributed by atoms with Gasteiger partial charge in [0.15, 0.2) is 0 Å². The summed E-state index contributed by atoms with van der Waals surface area (Å²) >= 11 is 0. The lowest BCUT2D eigenvalue weighted by Gasteiger charge is -2.24. The maximum absolute atomic E-state index is 12.1. The molecule has 4 heteroatoms. The van der Waals surface area contributed by atoms with Gasteiger partial charge in [0.25, 0.3) is 0 Å². The van der Waals surface area contributed by atoms with E-state index < -0.39 is 11.7 Å². The molecule has 2 aromatic rings. The second kappa shape index (κ2) is 7.18. The maximum atomic E-state index is 12.1. The van der Waals surface area contributed by atoms with E-state index in [2.05, 4.69) is 0 Å². The minimum atomic E-state index is -0.521. The number of nitrogens with zero attached hydrogens (tertiary/aromatic N) is 1. The van der Waals surface area contributed by atoms with E-state index in [4.69, 9.17) is 9.47 Å². The standard InChI is InChI=1S/C19H23NO3/c1-19(2,3)23-18(21)20(4)16-11-8-12-17(13-16)22-14-15-9-6-5-7-10-15/h5-13H,14H2,1-4H3. The molecule has 1 amide bonds. The van der Waals surface area contributed by atoms with Gasteiger partial charge in [0.05, 0.1) is 5.69 Å². The first-order valence-electron chi connectivity index (χ1n) is 7.59. The van der Waals surface area contributed by atoms with Crippen molar-refractivity contribution in [1.29, 1.82) is 0 Å². The van der Waals surface area contributed by atoms with E-state index in [0.717, 1.165) is 11.3 Å². The van der Waals surface area contributed by atoms with E-state index in [1.54, 1.807) is 7.05 Å². The predicted molar refractivity (Wildman–Crippen MR) is 91.9 cm³/mol. The Bertz CT molecular complexity index is 647. The molecule has 0 heterocycles. The van der Waals surface area contributed by atoms with Crippen molar-refractivity contribution in [2.45, 2.75) is 33.0 Å². The van der Waals surface area contributed by atoms with Gasteiger partial charge in [0, 0.05) is 13.1 Å². The number of ether oxygens (including phenoxy) is 2. The number of rotatable bonds is 4. The first-order valence-corrected chi connectivity index (χ1v) is 7.59. The average Bonchev–Trinajstić information content (AvgIpc) is 2.52. The Morgan fingerprint density at radius 2 is 1.74 bits per heavy atom. The third kappa shape index (κ3) is 5.33. The van der Waals surface area contributed by atoms with E-state index in [1.165, 1.54) is 4.90 Å². The van der Waals surface area contributed by atoms with Crippen LogP contribution < -0.4 is 9.64 Å². The number of benzene rings is 2. The molecule has 0 saturated heterocycles. The van der Waals surface area contributed by atoms with Crippen molar-refractivity contribution in [3.05, 3.63) is 60.2 Å². The minimum absolute atomic E-state index is 0.391. The molecule has 2 aromatic carbocycles. The zero-order chi connectivity index (χ0) is 16.9. The number of anilines is 1. The summed E-state index contributed by atoms with van der Waals surface area (Å²) in [7, 11) is 1.68. The highest BCUT2D eigenvalue weighted by Gasteiger charge is 2.20. The highest BCUT2D eigenvalue weighted by molar-refractivity contribution is 5.87. The lowest BCUT2D eigenvalue weighted by atomic mass is 10.2. The Hall–Kier alpha value is -2.49. The molecule has 0 aliphatic rings. The van der Waals surface area contributed by atoms with E-state index in [0.29, 0.717) is 12.4 Å². The normalized spacial score (nSPS) is 11.0. The summed E-state index contributed by atoms with van der Waals surface area (Å²) in [5, 5.41) is 0. The van der Waals surface area contributed by atoms with Gasteiger partial charge < -0.3 is 9.47 Å². The fourth-order valence-electron chi connectivity index (χ4n) is 1.96. The SMILES string of the molecule is CN(C(=O)OC(C)(C)C)c1cccc(OCc2ccccc2)c1. The van der Waals surface area contributed by atoms with Crippen molar-refractivity contribution in [3.63, 3.8) is 0 Å². The largest absolute Gasteiger partial charge is 0.489 e. The summed E-state index contributed by atoms with van der Waals surface area (Å²) in [6, 6.07) is 17.3. The van der Waals surface area contributed by atoms with Crippen molar-refractivity contribution in [3.8, 4) is 5.75 Å². The van der Waals surface area contributed by atoms with E-state index in [-0.39, 0.29) is 0 Å². The molecule has 2 rings (SSSR count). The van der Waals surface area contributed by atoms with Crippen LogP contribution in [0.15, 0.2) is 54.6 Å². The smallest absolute Gasteiger partial charge is 0.414 e. The molecule has 122 valence electrons. The number of hydrogen-bond acceptors (Lipinski definition) is 3. The van der Waals surface area contributed by atoms with Crippen LogP contribution in [-0.2, 0) is 11.3 Å². The molecule has 0 saturated carbocycles. The Kier molecular flexibility index (Phi) is 5.27. The van der Waals surface area contributed by atoms with Crippen LogP contribution in [0.1, 0.15) is 26.3 Å². The molecule has 0 unspecified atom stereocenters. The summed E-state index contributed by atoms with van der Waals surface area (Å²) in [4.78, 5) is 13.6. The molecule has 4 nitrogen and oxygen atoms in total. The summed E-state index contributed by atoms with van der Waals surface area (Å²) < 4.78 is 11.2. The molecule has 23 heavy (non-hydrogen) atoms. The molecule has 0 N–H and O–H groups in total. The van der Waals surface area contributed by atoms with Gasteiger partial charge in [-0.05, 0) is 38.5 Å². The molecular formula is C19H23NO3. The highest BCUT2D eigenvalue weighted by atomic mass is 16.6. The van der Waals surface area contributed by atoms with Crippen LogP contribution in [-0.4, -0.2) is 18.7 Å². The Labute approximate surface area is 137 Å². The lowest BCUT2D eigenvalue weighted by Crippen LogP contribution is -2.34. The van der Waals surface area contributed by atoms with E-state index in [1.807, 2.05) is 75.4 Å². The minimum Gasteiger partial charge on any atom is -0.489 e. The number of carbonyl (C=O) groups is 1. The van der Waals surface area contributed by atoms with Crippen LogP contribution >= 0.6 is 0 Å². The topological polar surface area (TPSA) is 38.8 Å². The van der Waals surface area contributed by atoms with Gasteiger partial charge in [-0.1, -0.05) is 36.4 Å². The van der Waals surface area contributed by atoms with Crippen molar-refractivity contribution in [1.82, 2.24) is 0 Å². The average molecular weight is 313 g/mol. The maximum Gasteiger partial charge on any atom is 0.414 e. The van der Waals surface area contributed by atoms with Gasteiger partial charge in [-0.15, -0.1) is 0 Å². The van der Waals surface area contributed by atoms with Crippen LogP contribution in [0.5, 0.6) is 5.75 Å². The molecular weight excluding hydrogens is 290 g/mol. The summed E-state index contributed by atoms with van der Waals surface area (Å²) in [6.45, 7) is 6.02. The van der Waals surface area contributed by atoms with Crippen LogP contribution in [0, 0.1) is 0 Å². The van der Waals surface area contributed by atoms with Crippen molar-refractivity contribution in [2.24, 2.45) is 0 Å². The molecule has 0 atom stereocenters. The molecule has 0 aliphatic heterocycles. The Balaban J connectivity index is 2.03. The molecule has 0 aromatic heterocycles. The van der Waals surface area contributed by atoms with Gasteiger partial charge >= 0.3 is 6.09 Å². The lowest BCUT2D eigenvalue weighted by molar-refractivity contribution is 0.0589. The second-order valence-electron chi connectivity index (χ2n) is 6.31. The first-order chi connectivity index (χ1) is 10.8. The monoisotopic (exact) mass is 313 g/mol. The fourth-order valence-corrected chi connectivity index (χ4v) is 1.96. The van der Waals surface area contributed by atoms with E-state index >= 15 is 0 Å². The fraction of sp³-hybridized carbons (Fsp3) is 0.316.